The fourth-order valence-electron chi connectivity index (χ4n) is 3.34. The van der Waals surface area contributed by atoms with E-state index >= 15 is 0 Å². The zero-order chi connectivity index (χ0) is 18.0. The Hall–Kier alpha value is -2.69. The third-order valence-electron chi connectivity index (χ3n) is 4.90. The van der Waals surface area contributed by atoms with E-state index in [0.29, 0.717) is 25.7 Å². The van der Waals surface area contributed by atoms with E-state index in [1.165, 1.54) is 0 Å². The number of hydrogen-bond donors (Lipinski definition) is 1. The largest absolute Gasteiger partial charge is 0.350 e. The highest BCUT2D eigenvalue weighted by atomic mass is 16.2. The zero-order valence-electron chi connectivity index (χ0n) is 14.5. The Kier molecular flexibility index (Phi) is 4.57. The van der Waals surface area contributed by atoms with Crippen LogP contribution in [0, 0.1) is 12.3 Å². The predicted molar refractivity (Wildman–Crippen MR) is 90.2 cm³/mol. The third-order valence-corrected chi connectivity index (χ3v) is 4.90. The summed E-state index contributed by atoms with van der Waals surface area (Å²) < 4.78 is 1.73. The number of hydrogen-bond acceptors (Lipinski definition) is 5. The molecule has 2 aliphatic rings. The SMILES string of the molecule is C#CCCC1(CCC(=O)N[C@H]2CC(=O)N(C)[C@@H]2c2ccnn2C)N=N1. The summed E-state index contributed by atoms with van der Waals surface area (Å²) in [7, 11) is 3.58. The molecule has 3 heterocycles. The number of carbonyl (C=O) groups excluding carboxylic acids is 2. The summed E-state index contributed by atoms with van der Waals surface area (Å²) in [6.07, 6.45) is 9.38. The Morgan fingerprint density at radius 1 is 1.44 bits per heavy atom. The van der Waals surface area contributed by atoms with Crippen LogP contribution in [0.3, 0.4) is 0 Å². The molecule has 1 aromatic rings. The molecule has 1 aromatic heterocycles. The van der Waals surface area contributed by atoms with Crippen molar-refractivity contribution < 1.29 is 9.59 Å². The van der Waals surface area contributed by atoms with Gasteiger partial charge in [-0.2, -0.15) is 15.3 Å². The van der Waals surface area contributed by atoms with Crippen molar-refractivity contribution in [3.8, 4) is 12.3 Å². The molecule has 0 aromatic carbocycles. The van der Waals surface area contributed by atoms with E-state index < -0.39 is 5.66 Å². The smallest absolute Gasteiger partial charge is 0.225 e. The topological polar surface area (TPSA) is 92.0 Å². The van der Waals surface area contributed by atoms with E-state index in [2.05, 4.69) is 26.6 Å². The van der Waals surface area contributed by atoms with Crippen molar-refractivity contribution in [2.75, 3.05) is 7.05 Å². The fourth-order valence-corrected chi connectivity index (χ4v) is 3.34. The van der Waals surface area contributed by atoms with E-state index in [1.807, 2.05) is 13.1 Å². The van der Waals surface area contributed by atoms with E-state index in [0.717, 1.165) is 5.69 Å². The van der Waals surface area contributed by atoms with Gasteiger partial charge in [0, 0.05) is 52.4 Å². The molecule has 8 nitrogen and oxygen atoms in total. The summed E-state index contributed by atoms with van der Waals surface area (Å²) in [5.41, 5.74) is 0.435. The van der Waals surface area contributed by atoms with Gasteiger partial charge in [-0.25, -0.2) is 0 Å². The number of aryl methyl sites for hydroxylation is 1. The number of amides is 2. The second-order valence-corrected chi connectivity index (χ2v) is 6.59. The number of nitrogens with one attached hydrogen (secondary N) is 1. The van der Waals surface area contributed by atoms with E-state index in [4.69, 9.17) is 6.42 Å². The van der Waals surface area contributed by atoms with Gasteiger partial charge in [0.15, 0.2) is 5.66 Å². The summed E-state index contributed by atoms with van der Waals surface area (Å²) in [4.78, 5) is 26.2. The van der Waals surface area contributed by atoms with Crippen molar-refractivity contribution in [1.29, 1.82) is 0 Å². The van der Waals surface area contributed by atoms with Gasteiger partial charge in [0.1, 0.15) is 0 Å². The highest BCUT2D eigenvalue weighted by Gasteiger charge is 2.42. The van der Waals surface area contributed by atoms with Gasteiger partial charge in [0.05, 0.1) is 17.8 Å². The summed E-state index contributed by atoms with van der Waals surface area (Å²) in [6.45, 7) is 0. The standard InChI is InChI=1S/C17H22N6O2/c1-4-5-8-17(20-21-17)9-6-14(24)19-12-11-15(25)22(2)16(12)13-7-10-18-23(13)3/h1,7,10,12,16H,5-6,8-9,11H2,2-3H3,(H,19,24)/t12-,16-/m0/s1. The lowest BCUT2D eigenvalue weighted by Crippen LogP contribution is -2.40. The number of likely N-dealkylation sites (N-methyl/N-ethyl adjacent to an activating group) is 1. The van der Waals surface area contributed by atoms with Crippen molar-refractivity contribution in [1.82, 2.24) is 20.0 Å². The minimum absolute atomic E-state index is 0.00850. The van der Waals surface area contributed by atoms with Gasteiger partial charge in [-0.15, -0.1) is 12.3 Å². The molecule has 25 heavy (non-hydrogen) atoms. The van der Waals surface area contributed by atoms with Crippen LogP contribution < -0.4 is 5.32 Å². The van der Waals surface area contributed by atoms with Gasteiger partial charge in [-0.1, -0.05) is 0 Å². The number of nitrogens with zero attached hydrogens (tertiary/aromatic N) is 5. The van der Waals surface area contributed by atoms with E-state index in [1.54, 1.807) is 22.8 Å². The molecular formula is C17H22N6O2. The summed E-state index contributed by atoms with van der Waals surface area (Å²) in [6, 6.07) is 1.39. The fraction of sp³-hybridized carbons (Fsp3) is 0.588. The zero-order valence-corrected chi connectivity index (χ0v) is 14.5. The van der Waals surface area contributed by atoms with Gasteiger partial charge < -0.3 is 10.2 Å². The molecule has 0 radical (unpaired) electrons. The van der Waals surface area contributed by atoms with Crippen LogP contribution in [0.5, 0.6) is 0 Å². The van der Waals surface area contributed by atoms with Crippen LogP contribution in [-0.4, -0.2) is 45.2 Å². The van der Waals surface area contributed by atoms with Crippen LogP contribution >= 0.6 is 0 Å². The lowest BCUT2D eigenvalue weighted by atomic mass is 10.0. The molecule has 2 aliphatic heterocycles. The second kappa shape index (κ2) is 6.67. The molecule has 0 bridgehead atoms. The number of likely N-dealkylation sites (tertiary alicyclic amines) is 1. The quantitative estimate of drug-likeness (QED) is 0.754. The lowest BCUT2D eigenvalue weighted by Gasteiger charge is -2.25. The first-order valence-corrected chi connectivity index (χ1v) is 8.36. The van der Waals surface area contributed by atoms with Crippen LogP contribution in [0.25, 0.3) is 0 Å². The molecule has 132 valence electrons. The number of terminal acetylenes is 1. The van der Waals surface area contributed by atoms with Crippen LogP contribution in [0.4, 0.5) is 0 Å². The Morgan fingerprint density at radius 2 is 2.20 bits per heavy atom. The van der Waals surface area contributed by atoms with Gasteiger partial charge in [0.25, 0.3) is 0 Å². The van der Waals surface area contributed by atoms with Gasteiger partial charge in [0.2, 0.25) is 11.8 Å². The molecule has 0 saturated carbocycles. The monoisotopic (exact) mass is 342 g/mol. The van der Waals surface area contributed by atoms with Gasteiger partial charge >= 0.3 is 0 Å². The molecule has 1 N–H and O–H groups in total. The Balaban J connectivity index is 1.59. The highest BCUT2D eigenvalue weighted by molar-refractivity contribution is 5.83. The Labute approximate surface area is 146 Å². The first kappa shape index (κ1) is 17.1. The molecule has 2 atom stereocenters. The van der Waals surface area contributed by atoms with Crippen molar-refractivity contribution in [3.63, 3.8) is 0 Å². The minimum Gasteiger partial charge on any atom is -0.350 e. The van der Waals surface area contributed by atoms with Crippen LogP contribution in [-0.2, 0) is 16.6 Å². The summed E-state index contributed by atoms with van der Waals surface area (Å²) in [5.74, 6) is 2.48. The Bertz CT molecular complexity index is 741. The van der Waals surface area contributed by atoms with Crippen molar-refractivity contribution in [3.05, 3.63) is 18.0 Å². The molecule has 1 saturated heterocycles. The number of rotatable bonds is 7. The van der Waals surface area contributed by atoms with E-state index in [9.17, 15) is 9.59 Å². The maximum absolute atomic E-state index is 12.4. The van der Waals surface area contributed by atoms with Gasteiger partial charge in [-0.05, 0) is 6.07 Å². The van der Waals surface area contributed by atoms with Crippen molar-refractivity contribution in [2.45, 2.75) is 49.9 Å². The molecule has 0 aliphatic carbocycles. The van der Waals surface area contributed by atoms with Crippen LogP contribution in [0.1, 0.15) is 43.8 Å². The van der Waals surface area contributed by atoms with Crippen LogP contribution in [0.15, 0.2) is 22.5 Å². The van der Waals surface area contributed by atoms with Crippen LogP contribution in [0.2, 0.25) is 0 Å². The number of aromatic nitrogens is 2. The molecule has 3 rings (SSSR count). The average molecular weight is 342 g/mol. The molecule has 1 fully saturated rings. The first-order chi connectivity index (χ1) is 12.0. The van der Waals surface area contributed by atoms with Gasteiger partial charge in [-0.3, -0.25) is 14.3 Å². The Morgan fingerprint density at radius 3 is 2.80 bits per heavy atom. The molecule has 0 unspecified atom stereocenters. The minimum atomic E-state index is -0.465. The number of carbonyl (C=O) groups is 2. The molecular weight excluding hydrogens is 320 g/mol. The lowest BCUT2D eigenvalue weighted by molar-refractivity contribution is -0.127. The molecule has 0 spiro atoms. The molecule has 8 heteroatoms. The maximum Gasteiger partial charge on any atom is 0.225 e. The molecule has 2 amide bonds. The summed E-state index contributed by atoms with van der Waals surface area (Å²) >= 11 is 0. The maximum atomic E-state index is 12.4. The normalized spacial score (nSPS) is 23.6. The third kappa shape index (κ3) is 3.55. The first-order valence-electron chi connectivity index (χ1n) is 8.36. The summed E-state index contributed by atoms with van der Waals surface area (Å²) in [5, 5.41) is 15.2. The van der Waals surface area contributed by atoms with Crippen molar-refractivity contribution in [2.24, 2.45) is 17.3 Å². The average Bonchev–Trinajstić information content (AvgIpc) is 3.16. The highest BCUT2D eigenvalue weighted by Crippen LogP contribution is 2.38. The second-order valence-electron chi connectivity index (χ2n) is 6.59. The van der Waals surface area contributed by atoms with Crippen molar-refractivity contribution >= 4 is 11.8 Å². The predicted octanol–water partition coefficient (Wildman–Crippen LogP) is 1.16. The van der Waals surface area contributed by atoms with E-state index in [-0.39, 0.29) is 30.3 Å².